The van der Waals surface area contributed by atoms with E-state index in [1.54, 1.807) is 6.92 Å². The Morgan fingerprint density at radius 3 is 1.73 bits per heavy atom. The lowest BCUT2D eigenvalue weighted by Gasteiger charge is -2.17. The smallest absolute Gasteiger partial charge is 0.335 e. The van der Waals surface area contributed by atoms with Crippen LogP contribution in [0, 0.1) is 0 Å². The second kappa shape index (κ2) is 10.0. The molecule has 3 atom stereocenters. The number of halogens is 1. The number of aliphatic carboxylic acids is 2. The highest BCUT2D eigenvalue weighted by molar-refractivity contribution is 5.83. The first-order valence-electron chi connectivity index (χ1n) is 6.26. The minimum Gasteiger partial charge on any atom is -0.479 e. The van der Waals surface area contributed by atoms with E-state index < -0.39 is 41.8 Å². The van der Waals surface area contributed by atoms with Gasteiger partial charge in [0.05, 0.1) is 6.61 Å². The van der Waals surface area contributed by atoms with Crippen LogP contribution in [-0.2, 0) is 19.1 Å². The van der Waals surface area contributed by atoms with Gasteiger partial charge in [0.15, 0.2) is 12.2 Å². The van der Waals surface area contributed by atoms with Gasteiger partial charge in [0.1, 0.15) is 11.7 Å². The lowest BCUT2D eigenvalue weighted by molar-refractivity contribution is -0.165. The van der Waals surface area contributed by atoms with Gasteiger partial charge in [-0.05, 0) is 20.8 Å². The van der Waals surface area contributed by atoms with Crippen molar-refractivity contribution >= 4 is 17.9 Å². The average Bonchev–Trinajstić information content (AvgIpc) is 2.35. The number of aliphatic hydroxyl groups is 2. The average molecular weight is 327 g/mol. The minimum absolute atomic E-state index is 0.00810. The SMILES string of the molecule is CCOC(=O)[C@@H](N)CC(C)(C)F.O=C(O)C(O)C(O)C(=O)O. The van der Waals surface area contributed by atoms with Gasteiger partial charge in [-0.15, -0.1) is 0 Å². The molecule has 0 saturated heterocycles. The van der Waals surface area contributed by atoms with Crippen LogP contribution in [0.25, 0.3) is 0 Å². The van der Waals surface area contributed by atoms with Crippen LogP contribution in [0.15, 0.2) is 0 Å². The van der Waals surface area contributed by atoms with Crippen molar-refractivity contribution in [1.82, 2.24) is 0 Å². The number of carboxylic acid groups (broad SMARTS) is 2. The fourth-order valence-corrected chi connectivity index (χ4v) is 1.13. The molecule has 130 valence electrons. The molecule has 0 fully saturated rings. The van der Waals surface area contributed by atoms with Crippen molar-refractivity contribution in [2.75, 3.05) is 6.61 Å². The summed E-state index contributed by atoms with van der Waals surface area (Å²) in [6.45, 7) is 4.72. The lowest BCUT2D eigenvalue weighted by atomic mass is 10.0. The Kier molecular flexibility index (Phi) is 10.3. The molecule has 0 aromatic rings. The van der Waals surface area contributed by atoms with Gasteiger partial charge in [-0.25, -0.2) is 14.0 Å². The number of carboxylic acids is 2. The number of aliphatic hydroxyl groups excluding tert-OH is 2. The van der Waals surface area contributed by atoms with Crippen molar-refractivity contribution < 1.29 is 43.9 Å². The Balaban J connectivity index is 0. The predicted molar refractivity (Wildman–Crippen MR) is 71.7 cm³/mol. The van der Waals surface area contributed by atoms with Crippen molar-refractivity contribution in [2.24, 2.45) is 5.73 Å². The first-order valence-corrected chi connectivity index (χ1v) is 6.26. The third kappa shape index (κ3) is 10.9. The summed E-state index contributed by atoms with van der Waals surface area (Å²) < 4.78 is 17.6. The third-order valence-electron chi connectivity index (χ3n) is 2.10. The second-order valence-electron chi connectivity index (χ2n) is 4.85. The largest absolute Gasteiger partial charge is 0.479 e. The van der Waals surface area contributed by atoms with Crippen LogP contribution >= 0.6 is 0 Å². The van der Waals surface area contributed by atoms with Crippen LogP contribution in [0.2, 0.25) is 0 Å². The third-order valence-corrected chi connectivity index (χ3v) is 2.10. The summed E-state index contributed by atoms with van der Waals surface area (Å²) in [5.74, 6) is -4.08. The zero-order chi connectivity index (χ0) is 18.1. The Labute approximate surface area is 126 Å². The monoisotopic (exact) mass is 327 g/mol. The van der Waals surface area contributed by atoms with Gasteiger partial charge < -0.3 is 30.9 Å². The number of nitrogens with two attached hydrogens (primary N) is 1. The van der Waals surface area contributed by atoms with E-state index in [2.05, 4.69) is 4.74 Å². The van der Waals surface area contributed by atoms with Crippen LogP contribution in [0.4, 0.5) is 4.39 Å². The van der Waals surface area contributed by atoms with E-state index in [0.29, 0.717) is 0 Å². The van der Waals surface area contributed by atoms with Crippen molar-refractivity contribution in [3.63, 3.8) is 0 Å². The van der Waals surface area contributed by atoms with Crippen molar-refractivity contribution in [3.8, 4) is 0 Å². The maximum atomic E-state index is 13.0. The molecule has 22 heavy (non-hydrogen) atoms. The molecule has 0 saturated carbocycles. The molecule has 0 amide bonds. The highest BCUT2D eigenvalue weighted by Crippen LogP contribution is 2.15. The molecule has 0 aliphatic rings. The van der Waals surface area contributed by atoms with E-state index >= 15 is 0 Å². The van der Waals surface area contributed by atoms with Gasteiger partial charge in [0.2, 0.25) is 0 Å². The Morgan fingerprint density at radius 2 is 1.50 bits per heavy atom. The van der Waals surface area contributed by atoms with Gasteiger partial charge in [0, 0.05) is 6.42 Å². The number of rotatable bonds is 7. The first-order chi connectivity index (χ1) is 9.83. The second-order valence-corrected chi connectivity index (χ2v) is 4.85. The number of alkyl halides is 1. The molecule has 10 heteroatoms. The summed E-state index contributed by atoms with van der Waals surface area (Å²) in [5, 5.41) is 32.5. The van der Waals surface area contributed by atoms with E-state index in [4.69, 9.17) is 26.2 Å². The molecule has 0 radical (unpaired) electrons. The molecular formula is C12H22FNO8. The van der Waals surface area contributed by atoms with E-state index in [1.165, 1.54) is 13.8 Å². The predicted octanol–water partition coefficient (Wildman–Crippen LogP) is -1.11. The van der Waals surface area contributed by atoms with E-state index in [1.807, 2.05) is 0 Å². The number of carbonyl (C=O) groups excluding carboxylic acids is 1. The number of esters is 1. The Morgan fingerprint density at radius 1 is 1.14 bits per heavy atom. The topological polar surface area (TPSA) is 167 Å². The zero-order valence-electron chi connectivity index (χ0n) is 12.5. The van der Waals surface area contributed by atoms with Gasteiger partial charge in [-0.1, -0.05) is 0 Å². The lowest BCUT2D eigenvalue weighted by Crippen LogP contribution is -2.39. The molecule has 6 N–H and O–H groups in total. The number of ether oxygens (including phenoxy) is 1. The van der Waals surface area contributed by atoms with Crippen LogP contribution in [0.5, 0.6) is 0 Å². The molecule has 0 bridgehead atoms. The summed E-state index contributed by atoms with van der Waals surface area (Å²) >= 11 is 0. The van der Waals surface area contributed by atoms with Gasteiger partial charge in [-0.2, -0.15) is 0 Å². The molecule has 9 nitrogen and oxygen atoms in total. The summed E-state index contributed by atoms with van der Waals surface area (Å²) in [4.78, 5) is 30.5. The molecule has 0 aromatic carbocycles. The van der Waals surface area contributed by atoms with Gasteiger partial charge >= 0.3 is 17.9 Å². The fourth-order valence-electron chi connectivity index (χ4n) is 1.13. The van der Waals surface area contributed by atoms with E-state index in [0.717, 1.165) is 0 Å². The molecule has 2 unspecified atom stereocenters. The minimum atomic E-state index is -2.27. The van der Waals surface area contributed by atoms with Crippen molar-refractivity contribution in [3.05, 3.63) is 0 Å². The zero-order valence-corrected chi connectivity index (χ0v) is 12.5. The Bertz CT molecular complexity index is 364. The highest BCUT2D eigenvalue weighted by atomic mass is 19.1. The molecule has 0 aromatic heterocycles. The Hall–Kier alpha value is -1.78. The quantitative estimate of drug-likeness (QED) is 0.364. The highest BCUT2D eigenvalue weighted by Gasteiger charge is 2.29. The standard InChI is InChI=1S/C8H16FNO2.C4H6O6/c1-4-12-7(11)6(10)5-8(2,3)9;5-1(3(7)8)2(6)4(9)10/h6H,4-5,10H2,1-3H3;1-2,5-6H,(H,7,8)(H,9,10)/t6-;/m0./s1. The summed E-state index contributed by atoms with van der Waals surface area (Å²) in [6.07, 6.45) is -4.54. The fraction of sp³-hybridized carbons (Fsp3) is 0.750. The number of hydrogen-bond acceptors (Lipinski definition) is 7. The maximum absolute atomic E-state index is 13.0. The number of carbonyl (C=O) groups is 3. The van der Waals surface area contributed by atoms with Crippen LogP contribution in [0.3, 0.4) is 0 Å². The molecule has 0 aliphatic heterocycles. The molecule has 0 rings (SSSR count). The number of hydrogen-bond donors (Lipinski definition) is 5. The van der Waals surface area contributed by atoms with Crippen molar-refractivity contribution in [2.45, 2.75) is 51.1 Å². The molecule has 0 aliphatic carbocycles. The first kappa shape index (κ1) is 22.5. The van der Waals surface area contributed by atoms with Crippen LogP contribution in [0.1, 0.15) is 27.2 Å². The maximum Gasteiger partial charge on any atom is 0.335 e. The van der Waals surface area contributed by atoms with Crippen LogP contribution < -0.4 is 5.73 Å². The summed E-state index contributed by atoms with van der Waals surface area (Å²) in [6, 6.07) is -0.857. The molecule has 0 spiro atoms. The van der Waals surface area contributed by atoms with E-state index in [9.17, 15) is 18.8 Å². The normalized spacial score (nSPS) is 14.9. The molecule has 0 heterocycles. The summed E-state index contributed by atoms with van der Waals surface area (Å²) in [7, 11) is 0. The van der Waals surface area contributed by atoms with Crippen LogP contribution in [-0.4, -0.2) is 68.9 Å². The van der Waals surface area contributed by atoms with E-state index in [-0.39, 0.29) is 13.0 Å². The molecular weight excluding hydrogens is 305 g/mol. The van der Waals surface area contributed by atoms with Crippen molar-refractivity contribution in [1.29, 1.82) is 0 Å². The van der Waals surface area contributed by atoms with Gasteiger partial charge in [0.25, 0.3) is 0 Å². The summed E-state index contributed by atoms with van der Waals surface area (Å²) in [5.41, 5.74) is 3.95. The van der Waals surface area contributed by atoms with Gasteiger partial charge in [-0.3, -0.25) is 4.79 Å².